The summed E-state index contributed by atoms with van der Waals surface area (Å²) in [5, 5.41) is 20.8. The minimum absolute atomic E-state index is 0.165. The number of nitrogens with one attached hydrogen (secondary N) is 1. The van der Waals surface area contributed by atoms with Crippen LogP contribution in [0.25, 0.3) is 0 Å². The van der Waals surface area contributed by atoms with Gasteiger partial charge in [0.2, 0.25) is 0 Å². The lowest BCUT2D eigenvalue weighted by atomic mass is 9.99. The highest BCUT2D eigenvalue weighted by atomic mass is 16.2. The van der Waals surface area contributed by atoms with Crippen LogP contribution in [0.4, 0.5) is 0 Å². The topological polar surface area (TPSA) is 76.4 Å². The smallest absolute Gasteiger partial charge is 0.265 e. The normalized spacial score (nSPS) is 16.9. The van der Waals surface area contributed by atoms with Crippen molar-refractivity contribution in [1.29, 1.82) is 5.26 Å². The van der Waals surface area contributed by atoms with Crippen molar-refractivity contribution in [3.63, 3.8) is 0 Å². The molecule has 1 heterocycles. The lowest BCUT2D eigenvalue weighted by molar-refractivity contribution is -0.128. The summed E-state index contributed by atoms with van der Waals surface area (Å²) in [6, 6.07) is 1.98. The maximum absolute atomic E-state index is 12.2. The van der Waals surface area contributed by atoms with Crippen molar-refractivity contribution in [2.24, 2.45) is 5.92 Å². The van der Waals surface area contributed by atoms with Gasteiger partial charge in [-0.2, -0.15) is 5.26 Å². The summed E-state index contributed by atoms with van der Waals surface area (Å²) in [6.45, 7) is 4.61. The maximum Gasteiger partial charge on any atom is 0.265 e. The molecule has 1 saturated heterocycles. The van der Waals surface area contributed by atoms with Gasteiger partial charge in [0.1, 0.15) is 11.6 Å². The second-order valence-corrected chi connectivity index (χ2v) is 5.38. The number of hydrogen-bond acceptors (Lipinski definition) is 4. The zero-order valence-electron chi connectivity index (χ0n) is 12.3. The fourth-order valence-corrected chi connectivity index (χ4v) is 2.21. The summed E-state index contributed by atoms with van der Waals surface area (Å²) in [5.41, 5.74) is 0.182. The molecule has 1 fully saturated rings. The van der Waals surface area contributed by atoms with E-state index >= 15 is 0 Å². The van der Waals surface area contributed by atoms with Gasteiger partial charge in [-0.1, -0.05) is 6.92 Å². The van der Waals surface area contributed by atoms with Gasteiger partial charge in [0, 0.05) is 32.4 Å². The standard InChI is InChI=1S/C15H25N3O2/c1-13-5-8-18(9-6-13)15(20)14(11-16)12-17-7-3-2-4-10-19/h12-13,17,19H,2-10H2,1H3/b14-12-. The molecule has 2 N–H and O–H groups in total. The molecule has 1 aliphatic heterocycles. The van der Waals surface area contributed by atoms with Gasteiger partial charge >= 0.3 is 0 Å². The number of aliphatic hydroxyl groups excluding tert-OH is 1. The molecule has 0 atom stereocenters. The lowest BCUT2D eigenvalue weighted by Crippen LogP contribution is -2.38. The summed E-state index contributed by atoms with van der Waals surface area (Å²) >= 11 is 0. The Kier molecular flexibility index (Phi) is 7.74. The van der Waals surface area contributed by atoms with Crippen LogP contribution in [0.5, 0.6) is 0 Å². The van der Waals surface area contributed by atoms with E-state index in [1.807, 2.05) is 6.07 Å². The van der Waals surface area contributed by atoms with Gasteiger partial charge < -0.3 is 15.3 Å². The Labute approximate surface area is 121 Å². The number of rotatable bonds is 7. The Morgan fingerprint density at radius 1 is 1.40 bits per heavy atom. The van der Waals surface area contributed by atoms with Crippen LogP contribution in [0.15, 0.2) is 11.8 Å². The number of carbonyl (C=O) groups is 1. The average Bonchev–Trinajstić information content (AvgIpc) is 2.47. The first-order valence-electron chi connectivity index (χ1n) is 7.42. The third-order valence-electron chi connectivity index (χ3n) is 3.65. The van der Waals surface area contributed by atoms with Crippen molar-refractivity contribution in [3.8, 4) is 6.07 Å². The lowest BCUT2D eigenvalue weighted by Gasteiger charge is -2.30. The average molecular weight is 279 g/mol. The first kappa shape index (κ1) is 16.5. The molecule has 0 unspecified atom stereocenters. The molecule has 1 amide bonds. The highest BCUT2D eigenvalue weighted by Gasteiger charge is 2.22. The largest absolute Gasteiger partial charge is 0.396 e. The molecule has 0 radical (unpaired) electrons. The van der Waals surface area contributed by atoms with Crippen molar-refractivity contribution in [1.82, 2.24) is 10.2 Å². The maximum atomic E-state index is 12.2. The fraction of sp³-hybridized carbons (Fsp3) is 0.733. The molecule has 5 heteroatoms. The van der Waals surface area contributed by atoms with Crippen molar-refractivity contribution in [2.75, 3.05) is 26.2 Å². The van der Waals surface area contributed by atoms with Gasteiger partial charge in [0.15, 0.2) is 0 Å². The van der Waals surface area contributed by atoms with Crippen LogP contribution in [0.2, 0.25) is 0 Å². The number of likely N-dealkylation sites (tertiary alicyclic amines) is 1. The molecule has 0 aromatic heterocycles. The molecular formula is C15H25N3O2. The second kappa shape index (κ2) is 9.38. The third-order valence-corrected chi connectivity index (χ3v) is 3.65. The minimum atomic E-state index is -0.165. The highest BCUT2D eigenvalue weighted by molar-refractivity contribution is 5.97. The summed E-state index contributed by atoms with van der Waals surface area (Å²) in [5.74, 6) is 0.500. The van der Waals surface area contributed by atoms with Crippen LogP contribution in [0, 0.1) is 17.2 Å². The summed E-state index contributed by atoms with van der Waals surface area (Å²) in [4.78, 5) is 13.9. The van der Waals surface area contributed by atoms with E-state index in [-0.39, 0.29) is 18.1 Å². The van der Waals surface area contributed by atoms with Crippen LogP contribution < -0.4 is 5.32 Å². The first-order chi connectivity index (χ1) is 9.69. The zero-order chi connectivity index (χ0) is 14.8. The van der Waals surface area contributed by atoms with E-state index in [0.717, 1.165) is 51.7 Å². The number of unbranched alkanes of at least 4 members (excludes halogenated alkanes) is 2. The van der Waals surface area contributed by atoms with E-state index in [2.05, 4.69) is 12.2 Å². The monoisotopic (exact) mass is 279 g/mol. The Morgan fingerprint density at radius 3 is 2.70 bits per heavy atom. The van der Waals surface area contributed by atoms with Gasteiger partial charge in [0.25, 0.3) is 5.91 Å². The molecule has 5 nitrogen and oxygen atoms in total. The predicted octanol–water partition coefficient (Wildman–Crippen LogP) is 1.40. The molecule has 0 bridgehead atoms. The Bertz CT molecular complexity index is 366. The quantitative estimate of drug-likeness (QED) is 0.419. The van der Waals surface area contributed by atoms with Crippen LogP contribution in [-0.4, -0.2) is 42.2 Å². The molecule has 0 spiro atoms. The number of nitriles is 1. The van der Waals surface area contributed by atoms with E-state index < -0.39 is 0 Å². The van der Waals surface area contributed by atoms with Gasteiger partial charge in [-0.15, -0.1) is 0 Å². The van der Waals surface area contributed by atoms with E-state index in [0.29, 0.717) is 5.92 Å². The van der Waals surface area contributed by atoms with Crippen molar-refractivity contribution in [3.05, 3.63) is 11.8 Å². The van der Waals surface area contributed by atoms with E-state index in [1.165, 1.54) is 6.20 Å². The summed E-state index contributed by atoms with van der Waals surface area (Å²) in [6.07, 6.45) is 6.21. The van der Waals surface area contributed by atoms with Crippen LogP contribution >= 0.6 is 0 Å². The van der Waals surface area contributed by atoms with Gasteiger partial charge in [-0.25, -0.2) is 0 Å². The molecule has 20 heavy (non-hydrogen) atoms. The molecule has 0 saturated carbocycles. The molecule has 0 aromatic carbocycles. The minimum Gasteiger partial charge on any atom is -0.396 e. The summed E-state index contributed by atoms with van der Waals surface area (Å²) < 4.78 is 0. The molecule has 112 valence electrons. The fourth-order valence-electron chi connectivity index (χ4n) is 2.21. The number of amides is 1. The van der Waals surface area contributed by atoms with Crippen LogP contribution in [0.3, 0.4) is 0 Å². The van der Waals surface area contributed by atoms with E-state index in [4.69, 9.17) is 10.4 Å². The number of piperidine rings is 1. The van der Waals surface area contributed by atoms with E-state index in [9.17, 15) is 4.79 Å². The number of aliphatic hydroxyl groups is 1. The van der Waals surface area contributed by atoms with Crippen LogP contribution in [-0.2, 0) is 4.79 Å². The SMILES string of the molecule is CC1CCN(C(=O)/C(C#N)=C\NCCCCCO)CC1. The number of hydrogen-bond donors (Lipinski definition) is 2. The third kappa shape index (κ3) is 5.62. The number of nitrogens with zero attached hydrogens (tertiary/aromatic N) is 2. The summed E-state index contributed by atoms with van der Waals surface area (Å²) in [7, 11) is 0. The molecule has 0 aromatic rings. The molecule has 0 aliphatic carbocycles. The van der Waals surface area contributed by atoms with Gasteiger partial charge in [-0.3, -0.25) is 4.79 Å². The Hall–Kier alpha value is -1.54. The van der Waals surface area contributed by atoms with Gasteiger partial charge in [-0.05, 0) is 38.0 Å². The van der Waals surface area contributed by atoms with Gasteiger partial charge in [0.05, 0.1) is 0 Å². The first-order valence-corrected chi connectivity index (χ1v) is 7.42. The predicted molar refractivity (Wildman–Crippen MR) is 77.6 cm³/mol. The van der Waals surface area contributed by atoms with Crippen molar-refractivity contribution >= 4 is 5.91 Å². The highest BCUT2D eigenvalue weighted by Crippen LogP contribution is 2.17. The van der Waals surface area contributed by atoms with E-state index in [1.54, 1.807) is 4.90 Å². The van der Waals surface area contributed by atoms with Crippen molar-refractivity contribution in [2.45, 2.75) is 39.0 Å². The molecule has 1 rings (SSSR count). The molecule has 1 aliphatic rings. The Balaban J connectivity index is 2.36. The molecular weight excluding hydrogens is 254 g/mol. The van der Waals surface area contributed by atoms with Crippen LogP contribution in [0.1, 0.15) is 39.0 Å². The second-order valence-electron chi connectivity index (χ2n) is 5.38. The van der Waals surface area contributed by atoms with Crippen molar-refractivity contribution < 1.29 is 9.90 Å². The Morgan fingerprint density at radius 2 is 2.10 bits per heavy atom. The zero-order valence-corrected chi connectivity index (χ0v) is 12.3. The number of carbonyl (C=O) groups excluding carboxylic acids is 1.